The van der Waals surface area contributed by atoms with Crippen molar-refractivity contribution in [2.75, 3.05) is 14.1 Å². The molecule has 0 saturated heterocycles. The predicted molar refractivity (Wildman–Crippen MR) is 54.1 cm³/mol. The lowest BCUT2D eigenvalue weighted by Crippen LogP contribution is -2.03. The summed E-state index contributed by atoms with van der Waals surface area (Å²) in [4.78, 5) is 12.5. The number of halogens is 1. The van der Waals surface area contributed by atoms with Gasteiger partial charge in [0.05, 0.1) is 0 Å². The Morgan fingerprint density at radius 3 is 2.64 bits per heavy atom. The van der Waals surface area contributed by atoms with Gasteiger partial charge in [-0.3, -0.25) is 4.79 Å². The Hall–Kier alpha value is -1.64. The van der Waals surface area contributed by atoms with E-state index in [1.54, 1.807) is 23.2 Å². The Bertz CT molecular complexity index is 358. The summed E-state index contributed by atoms with van der Waals surface area (Å²) in [6, 6.07) is 5.97. The second kappa shape index (κ2) is 4.56. The predicted octanol–water partition coefficient (Wildman–Crippen LogP) is 1.93. The fourth-order valence-corrected chi connectivity index (χ4v) is 1.12. The smallest absolute Gasteiger partial charge is 0.152 e. The van der Waals surface area contributed by atoms with Gasteiger partial charge in [0.2, 0.25) is 0 Å². The molecule has 74 valence electrons. The summed E-state index contributed by atoms with van der Waals surface area (Å²) in [6.07, 6.45) is 2.37. The van der Waals surface area contributed by atoms with Gasteiger partial charge in [0.25, 0.3) is 0 Å². The molecule has 1 aromatic rings. The minimum Gasteiger partial charge on any atom is -0.383 e. The molecule has 0 aliphatic rings. The quantitative estimate of drug-likeness (QED) is 0.540. The Morgan fingerprint density at radius 1 is 1.43 bits per heavy atom. The van der Waals surface area contributed by atoms with Crippen LogP contribution in [0.4, 0.5) is 4.39 Å². The third-order valence-electron chi connectivity index (χ3n) is 1.68. The van der Waals surface area contributed by atoms with Crippen LogP contribution in [0.15, 0.2) is 30.5 Å². The molecule has 2 nitrogen and oxygen atoms in total. The molecule has 0 spiro atoms. The van der Waals surface area contributed by atoms with Gasteiger partial charge < -0.3 is 4.90 Å². The second-order valence-electron chi connectivity index (χ2n) is 3.18. The molecular formula is C11H12FNO. The third-order valence-corrected chi connectivity index (χ3v) is 1.68. The highest BCUT2D eigenvalue weighted by atomic mass is 19.1. The molecule has 0 N–H and O–H groups in total. The van der Waals surface area contributed by atoms with Crippen molar-refractivity contribution in [1.29, 1.82) is 0 Å². The van der Waals surface area contributed by atoms with Crippen molar-refractivity contribution < 1.29 is 9.18 Å². The number of rotatable bonds is 3. The van der Waals surface area contributed by atoms with Gasteiger partial charge >= 0.3 is 0 Å². The van der Waals surface area contributed by atoms with Crippen molar-refractivity contribution in [3.63, 3.8) is 0 Å². The van der Waals surface area contributed by atoms with E-state index in [4.69, 9.17) is 0 Å². The number of benzene rings is 1. The van der Waals surface area contributed by atoms with Crippen LogP contribution >= 0.6 is 0 Å². The lowest BCUT2D eigenvalue weighted by atomic mass is 10.1. The minimum atomic E-state index is -0.339. The first-order valence-corrected chi connectivity index (χ1v) is 4.23. The molecule has 0 aliphatic carbocycles. The maximum Gasteiger partial charge on any atom is 0.152 e. The number of aldehydes is 1. The molecule has 1 aromatic carbocycles. The van der Waals surface area contributed by atoms with Crippen LogP contribution in [0.2, 0.25) is 0 Å². The van der Waals surface area contributed by atoms with Gasteiger partial charge in [0, 0.05) is 25.9 Å². The Morgan fingerprint density at radius 2 is 2.14 bits per heavy atom. The first-order valence-electron chi connectivity index (χ1n) is 4.23. The van der Waals surface area contributed by atoms with Crippen LogP contribution in [-0.2, 0) is 4.79 Å². The Labute approximate surface area is 82.7 Å². The largest absolute Gasteiger partial charge is 0.383 e. The van der Waals surface area contributed by atoms with Crippen molar-refractivity contribution >= 4 is 11.9 Å². The van der Waals surface area contributed by atoms with Gasteiger partial charge in [-0.05, 0) is 17.7 Å². The molecule has 0 fully saturated rings. The molecule has 0 radical (unpaired) electrons. The Balaban J connectivity index is 3.07. The molecule has 0 bridgehead atoms. The van der Waals surface area contributed by atoms with Crippen LogP contribution in [0.1, 0.15) is 5.56 Å². The zero-order valence-electron chi connectivity index (χ0n) is 8.20. The van der Waals surface area contributed by atoms with Crippen molar-refractivity contribution in [3.8, 4) is 0 Å². The zero-order valence-corrected chi connectivity index (χ0v) is 8.20. The first-order chi connectivity index (χ1) is 6.63. The van der Waals surface area contributed by atoms with Crippen molar-refractivity contribution in [3.05, 3.63) is 41.8 Å². The summed E-state index contributed by atoms with van der Waals surface area (Å²) in [5, 5.41) is 0. The van der Waals surface area contributed by atoms with Gasteiger partial charge in [-0.25, -0.2) is 4.39 Å². The van der Waals surface area contributed by atoms with E-state index in [0.29, 0.717) is 11.1 Å². The van der Waals surface area contributed by atoms with E-state index in [1.165, 1.54) is 12.1 Å². The van der Waals surface area contributed by atoms with Crippen LogP contribution in [0, 0.1) is 5.82 Å². The van der Waals surface area contributed by atoms with Crippen molar-refractivity contribution in [2.24, 2.45) is 0 Å². The van der Waals surface area contributed by atoms with E-state index in [-0.39, 0.29) is 5.82 Å². The normalized spacial score (nSPS) is 11.2. The topological polar surface area (TPSA) is 20.3 Å². The van der Waals surface area contributed by atoms with Crippen LogP contribution in [0.25, 0.3) is 5.57 Å². The van der Waals surface area contributed by atoms with E-state index in [9.17, 15) is 9.18 Å². The maximum atomic E-state index is 12.8. The van der Waals surface area contributed by atoms with Gasteiger partial charge in [-0.2, -0.15) is 0 Å². The number of carbonyl (C=O) groups excluding carboxylic acids is 1. The Kier molecular flexibility index (Phi) is 3.40. The van der Waals surface area contributed by atoms with Crippen molar-refractivity contribution in [1.82, 2.24) is 4.90 Å². The third kappa shape index (κ3) is 2.69. The first kappa shape index (κ1) is 10.4. The summed E-state index contributed by atoms with van der Waals surface area (Å²) in [5.74, 6) is -0.339. The molecule has 3 heteroatoms. The van der Waals surface area contributed by atoms with Crippen LogP contribution in [-0.4, -0.2) is 25.3 Å². The molecule has 0 aliphatic heterocycles. The van der Waals surface area contributed by atoms with Crippen LogP contribution in [0.5, 0.6) is 0 Å². The highest BCUT2D eigenvalue weighted by Crippen LogP contribution is 2.13. The van der Waals surface area contributed by atoms with E-state index < -0.39 is 0 Å². The number of hydrogen-bond acceptors (Lipinski definition) is 2. The number of carbonyl (C=O) groups is 1. The highest BCUT2D eigenvalue weighted by molar-refractivity contribution is 6.06. The van der Waals surface area contributed by atoms with E-state index in [1.807, 2.05) is 14.1 Å². The summed E-state index contributed by atoms with van der Waals surface area (Å²) < 4.78 is 12.8. The standard InChI is InChI=1S/C11H12FNO/c1-13(2)7-10(8-14)9-4-3-5-11(12)6-9/h3-8H,1-2H3. The van der Waals surface area contributed by atoms with E-state index >= 15 is 0 Å². The molecule has 0 heterocycles. The average Bonchev–Trinajstić information content (AvgIpc) is 2.14. The summed E-state index contributed by atoms with van der Waals surface area (Å²) in [5.41, 5.74) is 1.06. The molecule has 1 rings (SSSR count). The van der Waals surface area contributed by atoms with Crippen LogP contribution < -0.4 is 0 Å². The fourth-order valence-electron chi connectivity index (χ4n) is 1.12. The lowest BCUT2D eigenvalue weighted by Gasteiger charge is -2.07. The van der Waals surface area contributed by atoms with Gasteiger partial charge in [-0.15, -0.1) is 0 Å². The molecule has 0 amide bonds. The van der Waals surface area contributed by atoms with Gasteiger partial charge in [0.15, 0.2) is 6.29 Å². The highest BCUT2D eigenvalue weighted by Gasteiger charge is 2.01. The SMILES string of the molecule is CN(C)C=C(C=O)c1cccc(F)c1. The van der Waals surface area contributed by atoms with Gasteiger partial charge in [-0.1, -0.05) is 12.1 Å². The maximum absolute atomic E-state index is 12.8. The molecule has 0 aromatic heterocycles. The molecule has 0 unspecified atom stereocenters. The number of hydrogen-bond donors (Lipinski definition) is 0. The van der Waals surface area contributed by atoms with E-state index in [0.717, 1.165) is 6.29 Å². The monoisotopic (exact) mass is 193 g/mol. The van der Waals surface area contributed by atoms with Gasteiger partial charge in [0.1, 0.15) is 5.82 Å². The fraction of sp³-hybridized carbons (Fsp3) is 0.182. The molecule has 0 atom stereocenters. The number of allylic oxidation sites excluding steroid dienone is 1. The summed E-state index contributed by atoms with van der Waals surface area (Å²) >= 11 is 0. The zero-order chi connectivity index (χ0) is 10.6. The summed E-state index contributed by atoms with van der Waals surface area (Å²) in [7, 11) is 3.62. The van der Waals surface area contributed by atoms with Crippen molar-refractivity contribution in [2.45, 2.75) is 0 Å². The second-order valence-corrected chi connectivity index (χ2v) is 3.18. The molecular weight excluding hydrogens is 181 g/mol. The van der Waals surface area contributed by atoms with Crippen LogP contribution in [0.3, 0.4) is 0 Å². The van der Waals surface area contributed by atoms with E-state index in [2.05, 4.69) is 0 Å². The molecule has 0 saturated carbocycles. The lowest BCUT2D eigenvalue weighted by molar-refractivity contribution is -0.103. The summed E-state index contributed by atoms with van der Waals surface area (Å²) in [6.45, 7) is 0. The average molecular weight is 193 g/mol. The number of nitrogens with zero attached hydrogens (tertiary/aromatic N) is 1. The molecule has 14 heavy (non-hydrogen) atoms. The minimum absolute atomic E-state index is 0.339.